The molecule has 0 aromatic carbocycles. The van der Waals surface area contributed by atoms with Gasteiger partial charge in [-0.3, -0.25) is 14.9 Å². The maximum absolute atomic E-state index is 14.0. The van der Waals surface area contributed by atoms with Gasteiger partial charge in [0.1, 0.15) is 5.83 Å². The van der Waals surface area contributed by atoms with Crippen molar-refractivity contribution in [1.29, 1.82) is 0 Å². The van der Waals surface area contributed by atoms with Crippen molar-refractivity contribution in [3.8, 4) is 0 Å². The lowest BCUT2D eigenvalue weighted by Gasteiger charge is -2.22. The van der Waals surface area contributed by atoms with Crippen molar-refractivity contribution < 1.29 is 9.18 Å². The third-order valence-corrected chi connectivity index (χ3v) is 5.47. The highest BCUT2D eigenvalue weighted by molar-refractivity contribution is 5.99. The maximum Gasteiger partial charge on any atom is 0.234 e. The van der Waals surface area contributed by atoms with Gasteiger partial charge < -0.3 is 5.32 Å². The molecule has 1 aromatic heterocycles. The SMILES string of the molecule is CC1=CC2=NC([C@H](C)C(=O)Nc3cc(C4CC4)[nH]n3)=CC(CCC=C1F)C2. The van der Waals surface area contributed by atoms with E-state index in [2.05, 4.69) is 26.6 Å². The van der Waals surface area contributed by atoms with Crippen molar-refractivity contribution in [3.05, 3.63) is 47.1 Å². The third kappa shape index (κ3) is 4.10. The first kappa shape index (κ1) is 17.9. The van der Waals surface area contributed by atoms with Crippen LogP contribution in [-0.2, 0) is 4.79 Å². The molecule has 0 saturated heterocycles. The molecule has 1 saturated carbocycles. The minimum atomic E-state index is -0.392. The van der Waals surface area contributed by atoms with E-state index in [1.165, 1.54) is 12.8 Å². The molecule has 3 aliphatic rings. The number of hydrogen-bond donors (Lipinski definition) is 2. The number of nitrogens with one attached hydrogen (secondary N) is 2. The number of carbonyl (C=O) groups is 1. The summed E-state index contributed by atoms with van der Waals surface area (Å²) in [5.41, 5.74) is 3.28. The van der Waals surface area contributed by atoms with Crippen molar-refractivity contribution in [1.82, 2.24) is 10.2 Å². The molecule has 0 radical (unpaired) electrons. The molecule has 2 atom stereocenters. The molecule has 2 N–H and O–H groups in total. The number of hydrogen-bond acceptors (Lipinski definition) is 3. The predicted octanol–water partition coefficient (Wildman–Crippen LogP) is 4.80. The number of fused-ring (bicyclic) bond motifs is 2. The maximum atomic E-state index is 14.0. The Labute approximate surface area is 158 Å². The number of aromatic nitrogens is 2. The second-order valence-electron chi connectivity index (χ2n) is 7.81. The second-order valence-corrected chi connectivity index (χ2v) is 7.81. The Kier molecular flexibility index (Phi) is 4.81. The van der Waals surface area contributed by atoms with Gasteiger partial charge in [0, 0.05) is 29.1 Å². The molecule has 2 heterocycles. The van der Waals surface area contributed by atoms with Gasteiger partial charge in [0.2, 0.25) is 5.91 Å². The number of carbonyl (C=O) groups excluding carboxylic acids is 1. The molecule has 1 aromatic rings. The molecule has 0 spiro atoms. The zero-order chi connectivity index (χ0) is 19.0. The van der Waals surface area contributed by atoms with Crippen molar-refractivity contribution >= 4 is 17.4 Å². The number of nitrogens with zero attached hydrogens (tertiary/aromatic N) is 2. The number of aliphatic imine (C=N–C) groups is 1. The van der Waals surface area contributed by atoms with Crippen LogP contribution in [0.3, 0.4) is 0 Å². The highest BCUT2D eigenvalue weighted by atomic mass is 19.1. The van der Waals surface area contributed by atoms with Crippen LogP contribution < -0.4 is 5.32 Å². The van der Waals surface area contributed by atoms with E-state index in [4.69, 9.17) is 0 Å². The first-order valence-electron chi connectivity index (χ1n) is 9.69. The summed E-state index contributed by atoms with van der Waals surface area (Å²) >= 11 is 0. The first-order chi connectivity index (χ1) is 13.0. The van der Waals surface area contributed by atoms with Gasteiger partial charge in [-0.1, -0.05) is 6.08 Å². The van der Waals surface area contributed by atoms with Gasteiger partial charge in [0.05, 0.1) is 5.92 Å². The van der Waals surface area contributed by atoms with E-state index in [1.54, 1.807) is 19.1 Å². The summed E-state index contributed by atoms with van der Waals surface area (Å²) in [5.74, 6) is 0.706. The molecular formula is C21H25FN4O. The molecule has 1 aliphatic heterocycles. The number of rotatable bonds is 4. The summed E-state index contributed by atoms with van der Waals surface area (Å²) in [7, 11) is 0. The first-order valence-corrected chi connectivity index (χ1v) is 9.69. The highest BCUT2D eigenvalue weighted by Crippen LogP contribution is 2.39. The Morgan fingerprint density at radius 2 is 2.19 bits per heavy atom. The van der Waals surface area contributed by atoms with Crippen LogP contribution in [0, 0.1) is 11.8 Å². The molecule has 1 fully saturated rings. The molecule has 6 heteroatoms. The fourth-order valence-corrected chi connectivity index (χ4v) is 3.61. The molecule has 142 valence electrons. The van der Waals surface area contributed by atoms with Gasteiger partial charge in [0.15, 0.2) is 5.82 Å². The van der Waals surface area contributed by atoms with E-state index in [1.807, 2.05) is 13.0 Å². The number of halogens is 1. The smallest absolute Gasteiger partial charge is 0.234 e. The second kappa shape index (κ2) is 7.25. The Morgan fingerprint density at radius 1 is 1.37 bits per heavy atom. The van der Waals surface area contributed by atoms with Crippen LogP contribution >= 0.6 is 0 Å². The summed E-state index contributed by atoms with van der Waals surface area (Å²) in [6, 6.07) is 1.91. The van der Waals surface area contributed by atoms with E-state index in [-0.39, 0.29) is 17.7 Å². The monoisotopic (exact) mass is 368 g/mol. The quantitative estimate of drug-likeness (QED) is 0.801. The van der Waals surface area contributed by atoms with Gasteiger partial charge in [-0.25, -0.2) is 4.39 Å². The summed E-state index contributed by atoms with van der Waals surface area (Å²) in [5, 5.41) is 10.1. The summed E-state index contributed by atoms with van der Waals surface area (Å²) in [4.78, 5) is 17.4. The number of anilines is 1. The molecule has 2 bridgehead atoms. The zero-order valence-corrected chi connectivity index (χ0v) is 15.8. The van der Waals surface area contributed by atoms with Crippen LogP contribution in [-0.4, -0.2) is 21.8 Å². The lowest BCUT2D eigenvalue weighted by molar-refractivity contribution is -0.118. The van der Waals surface area contributed by atoms with Gasteiger partial charge in [-0.15, -0.1) is 0 Å². The van der Waals surface area contributed by atoms with Gasteiger partial charge in [-0.2, -0.15) is 5.10 Å². The highest BCUT2D eigenvalue weighted by Gasteiger charge is 2.27. The number of amides is 1. The van der Waals surface area contributed by atoms with E-state index < -0.39 is 5.92 Å². The van der Waals surface area contributed by atoms with Gasteiger partial charge in [-0.05, 0) is 69.6 Å². The number of allylic oxidation sites excluding steroid dienone is 5. The van der Waals surface area contributed by atoms with E-state index in [0.29, 0.717) is 23.7 Å². The van der Waals surface area contributed by atoms with Crippen molar-refractivity contribution in [3.63, 3.8) is 0 Å². The molecule has 2 aliphatic carbocycles. The standard InChI is InChI=1S/C21H25FN4O/c1-12-8-16-9-14(4-3-5-17(12)22)10-18(23-16)13(2)21(27)24-20-11-19(25-26-20)15-6-7-15/h5,8,10-11,13-15H,3-4,6-7,9H2,1-2H3,(H2,24,25,26,27)/t13-,14?/m0/s1. The third-order valence-electron chi connectivity index (χ3n) is 5.47. The van der Waals surface area contributed by atoms with Crippen molar-refractivity contribution in [2.24, 2.45) is 16.8 Å². The van der Waals surface area contributed by atoms with Gasteiger partial charge in [0.25, 0.3) is 0 Å². The summed E-state index contributed by atoms with van der Waals surface area (Å²) < 4.78 is 14.0. The largest absolute Gasteiger partial charge is 0.309 e. The van der Waals surface area contributed by atoms with Crippen LogP contribution in [0.5, 0.6) is 0 Å². The molecule has 4 rings (SSSR count). The number of H-pyrrole nitrogens is 1. The molecule has 27 heavy (non-hydrogen) atoms. The fourth-order valence-electron chi connectivity index (χ4n) is 3.61. The Bertz CT molecular complexity index is 872. The molecule has 5 nitrogen and oxygen atoms in total. The molecular weight excluding hydrogens is 343 g/mol. The Hall–Kier alpha value is -2.50. The van der Waals surface area contributed by atoms with Crippen LogP contribution in [0.2, 0.25) is 0 Å². The van der Waals surface area contributed by atoms with Crippen LogP contribution in [0.15, 0.2) is 46.4 Å². The van der Waals surface area contributed by atoms with E-state index in [0.717, 1.165) is 29.9 Å². The van der Waals surface area contributed by atoms with Crippen LogP contribution in [0.4, 0.5) is 10.2 Å². The topological polar surface area (TPSA) is 70.1 Å². The lowest BCUT2D eigenvalue weighted by atomic mass is 9.90. The minimum Gasteiger partial charge on any atom is -0.309 e. The zero-order valence-electron chi connectivity index (χ0n) is 15.8. The molecule has 1 unspecified atom stereocenters. The lowest BCUT2D eigenvalue weighted by Crippen LogP contribution is -2.24. The summed E-state index contributed by atoms with van der Waals surface area (Å²) in [6.07, 6.45) is 10.2. The average Bonchev–Trinajstić information content (AvgIpc) is 3.39. The Balaban J connectivity index is 1.50. The minimum absolute atomic E-state index is 0.126. The number of aromatic amines is 1. The van der Waals surface area contributed by atoms with Crippen molar-refractivity contribution in [2.45, 2.75) is 51.9 Å². The summed E-state index contributed by atoms with van der Waals surface area (Å²) in [6.45, 7) is 3.62. The normalized spacial score (nSPS) is 23.7. The van der Waals surface area contributed by atoms with Crippen LogP contribution in [0.1, 0.15) is 57.6 Å². The predicted molar refractivity (Wildman–Crippen MR) is 104 cm³/mol. The average molecular weight is 368 g/mol. The molecule has 1 amide bonds. The van der Waals surface area contributed by atoms with Crippen LogP contribution in [0.25, 0.3) is 0 Å². The van der Waals surface area contributed by atoms with E-state index >= 15 is 0 Å². The van der Waals surface area contributed by atoms with E-state index in [9.17, 15) is 9.18 Å². The van der Waals surface area contributed by atoms with Gasteiger partial charge >= 0.3 is 0 Å². The Morgan fingerprint density at radius 3 is 2.96 bits per heavy atom. The van der Waals surface area contributed by atoms with Crippen molar-refractivity contribution in [2.75, 3.05) is 5.32 Å². The fraction of sp³-hybridized carbons (Fsp3) is 0.476.